The van der Waals surface area contributed by atoms with Crippen LogP contribution in [0, 0.1) is 17.2 Å². The summed E-state index contributed by atoms with van der Waals surface area (Å²) in [6, 6.07) is 5.59. The fourth-order valence-corrected chi connectivity index (χ4v) is 3.14. The van der Waals surface area contributed by atoms with E-state index in [1.165, 1.54) is 0 Å². The summed E-state index contributed by atoms with van der Waals surface area (Å²) < 4.78 is 7.22. The minimum atomic E-state index is -0.251. The van der Waals surface area contributed by atoms with Crippen LogP contribution in [0.3, 0.4) is 0 Å². The highest BCUT2D eigenvalue weighted by Crippen LogP contribution is 2.34. The highest BCUT2D eigenvalue weighted by molar-refractivity contribution is 5.89. The van der Waals surface area contributed by atoms with Gasteiger partial charge in [-0.25, -0.2) is 4.79 Å². The van der Waals surface area contributed by atoms with Crippen molar-refractivity contribution in [2.45, 2.75) is 45.7 Å². The van der Waals surface area contributed by atoms with Crippen molar-refractivity contribution in [1.82, 2.24) is 14.7 Å². The number of anilines is 1. The smallest absolute Gasteiger partial charge is 0.323 e. The first-order valence-corrected chi connectivity index (χ1v) is 8.60. The summed E-state index contributed by atoms with van der Waals surface area (Å²) >= 11 is 0. The van der Waals surface area contributed by atoms with Gasteiger partial charge >= 0.3 is 6.03 Å². The van der Waals surface area contributed by atoms with Gasteiger partial charge in [-0.2, -0.15) is 10.4 Å². The highest BCUT2D eigenvalue weighted by Gasteiger charge is 2.33. The monoisotopic (exact) mass is 341 g/mol. The van der Waals surface area contributed by atoms with Crippen LogP contribution in [0.5, 0.6) is 0 Å². The molecule has 2 amide bonds. The molecule has 1 aliphatic rings. The lowest BCUT2D eigenvalue weighted by molar-refractivity contribution is 0.129. The lowest BCUT2D eigenvalue weighted by atomic mass is 9.91. The Bertz CT molecular complexity index is 772. The quantitative estimate of drug-likeness (QED) is 0.916. The molecule has 0 radical (unpaired) electrons. The molecule has 2 aromatic rings. The fourth-order valence-electron chi connectivity index (χ4n) is 3.14. The summed E-state index contributed by atoms with van der Waals surface area (Å²) in [4.78, 5) is 14.6. The maximum atomic E-state index is 12.8. The molecule has 0 saturated carbocycles. The standard InChI is InChI=1S/C18H23N5O2/c1-12(2)23-11-14(10-19)17(21-23)20-18(24)22-7-6-13(3)9-15(22)16-5-4-8-25-16/h4-5,8,11-13,15H,6-7,9H2,1-3H3,(H,20,21,24). The maximum absolute atomic E-state index is 12.8. The number of nitriles is 1. The molecule has 7 nitrogen and oxygen atoms in total. The predicted molar refractivity (Wildman–Crippen MR) is 92.9 cm³/mol. The zero-order valence-corrected chi connectivity index (χ0v) is 14.8. The first kappa shape index (κ1) is 17.1. The van der Waals surface area contributed by atoms with Gasteiger partial charge in [0.1, 0.15) is 17.4 Å². The van der Waals surface area contributed by atoms with Gasteiger partial charge in [-0.3, -0.25) is 10.00 Å². The summed E-state index contributed by atoms with van der Waals surface area (Å²) in [5.74, 6) is 1.61. The van der Waals surface area contributed by atoms with Crippen LogP contribution in [0.25, 0.3) is 0 Å². The van der Waals surface area contributed by atoms with Crippen LogP contribution in [0.4, 0.5) is 10.6 Å². The molecule has 7 heteroatoms. The third-order valence-electron chi connectivity index (χ3n) is 4.60. The number of hydrogen-bond acceptors (Lipinski definition) is 4. The summed E-state index contributed by atoms with van der Waals surface area (Å²) in [6.07, 6.45) is 5.08. The molecule has 1 aliphatic heterocycles. The molecule has 1 N–H and O–H groups in total. The lowest BCUT2D eigenvalue weighted by Crippen LogP contribution is -2.43. The molecule has 2 unspecified atom stereocenters. The molecule has 25 heavy (non-hydrogen) atoms. The van der Waals surface area contributed by atoms with Gasteiger partial charge in [0.15, 0.2) is 5.82 Å². The molecule has 0 spiro atoms. The molecular formula is C18H23N5O2. The molecule has 132 valence electrons. The van der Waals surface area contributed by atoms with Crippen molar-refractivity contribution < 1.29 is 9.21 Å². The minimum Gasteiger partial charge on any atom is -0.467 e. The van der Waals surface area contributed by atoms with E-state index in [1.54, 1.807) is 22.0 Å². The van der Waals surface area contributed by atoms with E-state index in [9.17, 15) is 10.1 Å². The van der Waals surface area contributed by atoms with E-state index in [0.29, 0.717) is 23.8 Å². The molecular weight excluding hydrogens is 318 g/mol. The number of likely N-dealkylation sites (tertiary alicyclic amines) is 1. The van der Waals surface area contributed by atoms with E-state index in [4.69, 9.17) is 4.42 Å². The van der Waals surface area contributed by atoms with Crippen molar-refractivity contribution in [2.75, 3.05) is 11.9 Å². The Labute approximate surface area is 147 Å². The van der Waals surface area contributed by atoms with Gasteiger partial charge in [0.25, 0.3) is 0 Å². The summed E-state index contributed by atoms with van der Waals surface area (Å²) in [6.45, 7) is 6.77. The zero-order valence-electron chi connectivity index (χ0n) is 14.8. The van der Waals surface area contributed by atoms with Crippen molar-refractivity contribution in [2.24, 2.45) is 5.92 Å². The number of amides is 2. The van der Waals surface area contributed by atoms with Crippen molar-refractivity contribution in [3.8, 4) is 6.07 Å². The Kier molecular flexibility index (Phi) is 4.79. The second kappa shape index (κ2) is 7.01. The number of aromatic nitrogens is 2. The Morgan fingerprint density at radius 2 is 2.32 bits per heavy atom. The molecule has 0 bridgehead atoms. The fraction of sp³-hybridized carbons (Fsp3) is 0.500. The summed E-state index contributed by atoms with van der Waals surface area (Å²) in [7, 11) is 0. The molecule has 1 fully saturated rings. The van der Waals surface area contributed by atoms with E-state index >= 15 is 0 Å². The Hall–Kier alpha value is -2.75. The van der Waals surface area contributed by atoms with Crippen molar-refractivity contribution in [3.05, 3.63) is 35.9 Å². The van der Waals surface area contributed by atoms with Gasteiger partial charge in [0.2, 0.25) is 0 Å². The van der Waals surface area contributed by atoms with Gasteiger partial charge < -0.3 is 9.32 Å². The SMILES string of the molecule is CC1CCN(C(=O)Nc2nn(C(C)C)cc2C#N)C(c2ccco2)C1. The minimum absolute atomic E-state index is 0.100. The van der Waals surface area contributed by atoms with Gasteiger partial charge in [-0.15, -0.1) is 0 Å². The molecule has 0 aliphatic carbocycles. The van der Waals surface area contributed by atoms with Gasteiger partial charge in [-0.05, 0) is 44.7 Å². The molecule has 3 rings (SSSR count). The molecule has 2 atom stereocenters. The molecule has 0 aromatic carbocycles. The number of hydrogen-bond donors (Lipinski definition) is 1. The van der Waals surface area contributed by atoms with Crippen molar-refractivity contribution >= 4 is 11.8 Å². The number of carbonyl (C=O) groups excluding carboxylic acids is 1. The second-order valence-electron chi connectivity index (χ2n) is 6.86. The van der Waals surface area contributed by atoms with Crippen LogP contribution in [0.15, 0.2) is 29.0 Å². The maximum Gasteiger partial charge on any atom is 0.323 e. The second-order valence-corrected chi connectivity index (χ2v) is 6.86. The van der Waals surface area contributed by atoms with Crippen LogP contribution in [0.2, 0.25) is 0 Å². The van der Waals surface area contributed by atoms with Crippen LogP contribution in [0.1, 0.15) is 57.0 Å². The first-order valence-electron chi connectivity index (χ1n) is 8.60. The number of piperidine rings is 1. The average Bonchev–Trinajstić information content (AvgIpc) is 3.24. The van der Waals surface area contributed by atoms with Crippen LogP contribution in [-0.2, 0) is 0 Å². The topological polar surface area (TPSA) is 87.1 Å². The lowest BCUT2D eigenvalue weighted by Gasteiger charge is -2.37. The van der Waals surface area contributed by atoms with Gasteiger partial charge in [-0.1, -0.05) is 6.92 Å². The largest absolute Gasteiger partial charge is 0.467 e. The van der Waals surface area contributed by atoms with E-state index in [2.05, 4.69) is 23.4 Å². The van der Waals surface area contributed by atoms with Crippen molar-refractivity contribution in [1.29, 1.82) is 5.26 Å². The Morgan fingerprint density at radius 1 is 1.52 bits per heavy atom. The predicted octanol–water partition coefficient (Wildman–Crippen LogP) is 3.93. The van der Waals surface area contributed by atoms with Crippen LogP contribution < -0.4 is 5.32 Å². The first-order chi connectivity index (χ1) is 12.0. The van der Waals surface area contributed by atoms with Crippen LogP contribution in [-0.4, -0.2) is 27.3 Å². The molecule has 3 heterocycles. The Balaban J connectivity index is 1.81. The highest BCUT2D eigenvalue weighted by atomic mass is 16.3. The van der Waals surface area contributed by atoms with E-state index in [1.807, 2.05) is 26.0 Å². The third-order valence-corrected chi connectivity index (χ3v) is 4.60. The number of nitrogens with one attached hydrogen (secondary N) is 1. The number of nitrogens with zero attached hydrogens (tertiary/aromatic N) is 4. The number of urea groups is 1. The summed E-state index contributed by atoms with van der Waals surface area (Å²) in [5.41, 5.74) is 0.363. The molecule has 2 aromatic heterocycles. The summed E-state index contributed by atoms with van der Waals surface area (Å²) in [5, 5.41) is 16.4. The van der Waals surface area contributed by atoms with E-state index in [0.717, 1.165) is 18.6 Å². The van der Waals surface area contributed by atoms with Gasteiger partial charge in [0.05, 0.1) is 12.3 Å². The number of carbonyl (C=O) groups is 1. The number of rotatable bonds is 3. The normalized spacial score (nSPS) is 20.5. The van der Waals surface area contributed by atoms with E-state index < -0.39 is 0 Å². The van der Waals surface area contributed by atoms with E-state index in [-0.39, 0.29) is 18.1 Å². The Morgan fingerprint density at radius 3 is 2.96 bits per heavy atom. The van der Waals surface area contributed by atoms with Crippen LogP contribution >= 0.6 is 0 Å². The molecule has 1 saturated heterocycles. The van der Waals surface area contributed by atoms with Crippen molar-refractivity contribution in [3.63, 3.8) is 0 Å². The third kappa shape index (κ3) is 3.53. The van der Waals surface area contributed by atoms with Gasteiger partial charge in [0, 0.05) is 18.8 Å². The number of furan rings is 1. The zero-order chi connectivity index (χ0) is 18.0. The average molecular weight is 341 g/mol.